The zero-order chi connectivity index (χ0) is 32.3. The molecule has 0 spiro atoms. The zero-order valence-electron chi connectivity index (χ0n) is 27.5. The Morgan fingerprint density at radius 1 is 0.844 bits per heavy atom. The van der Waals surface area contributed by atoms with Crippen molar-refractivity contribution in [3.8, 4) is 0 Å². The van der Waals surface area contributed by atoms with Gasteiger partial charge in [-0.25, -0.2) is 0 Å². The number of anilines is 1. The van der Waals surface area contributed by atoms with E-state index in [9.17, 15) is 0 Å². The predicted molar refractivity (Wildman–Crippen MR) is 201 cm³/mol. The quantitative estimate of drug-likeness (QED) is 0.0802. The smallest absolute Gasteiger partial charge is 0.0457 e. The van der Waals surface area contributed by atoms with Crippen LogP contribution in [0, 0.1) is 6.92 Å². The molecule has 0 aliphatic heterocycles. The van der Waals surface area contributed by atoms with Crippen LogP contribution in [-0.4, -0.2) is 11.4 Å². The summed E-state index contributed by atoms with van der Waals surface area (Å²) in [5, 5.41) is 4.65. The average Bonchev–Trinajstić information content (AvgIpc) is 3.04. The molecule has 0 heterocycles. The maximum Gasteiger partial charge on any atom is 0.0457 e. The third-order valence-corrected chi connectivity index (χ3v) is 8.11. The molecule has 2 N–H and O–H groups in total. The van der Waals surface area contributed by atoms with Crippen LogP contribution in [0.2, 0.25) is 0 Å². The molecule has 0 bridgehead atoms. The van der Waals surface area contributed by atoms with Crippen LogP contribution < -0.4 is 5.73 Å². The van der Waals surface area contributed by atoms with Gasteiger partial charge in [0.1, 0.15) is 0 Å². The molecule has 3 nitrogen and oxygen atoms in total. The molecule has 228 valence electrons. The largest absolute Gasteiger partial charge is 0.398 e. The first-order valence-electron chi connectivity index (χ1n) is 15.7. The number of allylic oxidation sites excluding steroid dienone is 9. The van der Waals surface area contributed by atoms with Crippen molar-refractivity contribution in [2.24, 2.45) is 9.98 Å². The number of nitrogens with two attached hydrogens (primary N) is 1. The van der Waals surface area contributed by atoms with Crippen LogP contribution in [0.4, 0.5) is 5.69 Å². The van der Waals surface area contributed by atoms with Gasteiger partial charge in [-0.2, -0.15) is 0 Å². The van der Waals surface area contributed by atoms with Gasteiger partial charge in [0, 0.05) is 40.6 Å². The van der Waals surface area contributed by atoms with Gasteiger partial charge in [0.15, 0.2) is 0 Å². The van der Waals surface area contributed by atoms with Crippen molar-refractivity contribution in [3.05, 3.63) is 156 Å². The summed E-state index contributed by atoms with van der Waals surface area (Å²) in [5.41, 5.74) is 15.8. The van der Waals surface area contributed by atoms with Crippen molar-refractivity contribution in [1.29, 1.82) is 0 Å². The summed E-state index contributed by atoms with van der Waals surface area (Å²) in [6.45, 7) is 16.4. The molecule has 4 rings (SSSR count). The Hall–Kier alpha value is -5.02. The summed E-state index contributed by atoms with van der Waals surface area (Å²) in [7, 11) is 0. The molecule has 0 aromatic heterocycles. The molecule has 0 radical (unpaired) electrons. The Morgan fingerprint density at radius 2 is 1.49 bits per heavy atom. The summed E-state index contributed by atoms with van der Waals surface area (Å²) in [4.78, 5) is 9.68. The number of benzene rings is 4. The van der Waals surface area contributed by atoms with Crippen LogP contribution in [0.15, 0.2) is 138 Å². The van der Waals surface area contributed by atoms with Crippen LogP contribution >= 0.6 is 0 Å². The van der Waals surface area contributed by atoms with Crippen molar-refractivity contribution < 1.29 is 0 Å². The molecular formula is C42H45N3. The molecule has 4 aromatic rings. The summed E-state index contributed by atoms with van der Waals surface area (Å²) in [5.74, 6) is 0.177. The second-order valence-corrected chi connectivity index (χ2v) is 11.2. The van der Waals surface area contributed by atoms with Crippen molar-refractivity contribution >= 4 is 44.2 Å². The van der Waals surface area contributed by atoms with Crippen molar-refractivity contribution in [2.45, 2.75) is 53.9 Å². The maximum absolute atomic E-state index is 6.23. The first kappa shape index (κ1) is 32.9. The molecule has 0 amide bonds. The lowest BCUT2D eigenvalue weighted by Gasteiger charge is -2.18. The maximum atomic E-state index is 6.23. The second kappa shape index (κ2) is 15.6. The number of aliphatic imine (C=N–C) groups is 2. The van der Waals surface area contributed by atoms with Gasteiger partial charge in [-0.15, -0.1) is 0 Å². The van der Waals surface area contributed by atoms with E-state index in [2.05, 4.69) is 126 Å². The number of aryl methyl sites for hydroxylation is 1. The van der Waals surface area contributed by atoms with Crippen LogP contribution in [0.5, 0.6) is 0 Å². The lowest BCUT2D eigenvalue weighted by Crippen LogP contribution is -2.05. The normalized spacial score (nSPS) is 14.2. The van der Waals surface area contributed by atoms with Crippen LogP contribution in [0.3, 0.4) is 0 Å². The third-order valence-electron chi connectivity index (χ3n) is 8.11. The molecule has 3 heteroatoms. The van der Waals surface area contributed by atoms with E-state index in [1.807, 2.05) is 31.4 Å². The molecule has 1 atom stereocenters. The standard InChI is InChI=1S/C42H45N3/c1-8-11-13-16-26-45-32(7)42-37-18-15-14-17-36(37)41(31(6)44-25-12-9-2)38-24-23-34(27-39(38)42)29(4)19-21-33(10-3)35-22-20-30(5)40(43)28-35/h9-29H,2,8,43H2,1,3-7H3/b13-11+,21-19-,25-12-,26-16-,33-10+,44-31?,45-32?. The molecule has 0 aliphatic rings. The van der Waals surface area contributed by atoms with Crippen molar-refractivity contribution in [1.82, 2.24) is 0 Å². The first-order valence-corrected chi connectivity index (χ1v) is 15.7. The van der Waals surface area contributed by atoms with E-state index in [0.717, 1.165) is 67.5 Å². The zero-order valence-corrected chi connectivity index (χ0v) is 27.5. The van der Waals surface area contributed by atoms with Crippen molar-refractivity contribution in [3.63, 3.8) is 0 Å². The van der Waals surface area contributed by atoms with Gasteiger partial charge in [-0.3, -0.25) is 9.98 Å². The van der Waals surface area contributed by atoms with Gasteiger partial charge in [-0.1, -0.05) is 105 Å². The summed E-state index contributed by atoms with van der Waals surface area (Å²) >= 11 is 0. The molecular weight excluding hydrogens is 546 g/mol. The van der Waals surface area contributed by atoms with Gasteiger partial charge in [-0.05, 0) is 108 Å². The monoisotopic (exact) mass is 591 g/mol. The Balaban J connectivity index is 1.91. The summed E-state index contributed by atoms with van der Waals surface area (Å²) < 4.78 is 0. The molecule has 0 fully saturated rings. The van der Waals surface area contributed by atoms with E-state index in [1.165, 1.54) is 10.9 Å². The fourth-order valence-corrected chi connectivity index (χ4v) is 5.56. The summed E-state index contributed by atoms with van der Waals surface area (Å²) in [6, 6.07) is 21.7. The minimum absolute atomic E-state index is 0.177. The number of hydrogen-bond donors (Lipinski definition) is 1. The highest BCUT2D eigenvalue weighted by Crippen LogP contribution is 2.36. The number of rotatable bonds is 11. The predicted octanol–water partition coefficient (Wildman–Crippen LogP) is 11.4. The molecule has 0 saturated carbocycles. The van der Waals surface area contributed by atoms with E-state index < -0.39 is 0 Å². The fraction of sp³-hybridized carbons (Fsp3) is 0.190. The Kier molecular flexibility index (Phi) is 11.4. The van der Waals surface area contributed by atoms with Crippen LogP contribution in [0.25, 0.3) is 27.1 Å². The fourth-order valence-electron chi connectivity index (χ4n) is 5.56. The van der Waals surface area contributed by atoms with Gasteiger partial charge in [0.05, 0.1) is 0 Å². The molecule has 1 unspecified atom stereocenters. The van der Waals surface area contributed by atoms with Crippen LogP contribution in [-0.2, 0) is 0 Å². The number of hydrogen-bond acceptors (Lipinski definition) is 3. The number of nitrogens with zero attached hydrogens (tertiary/aromatic N) is 2. The van der Waals surface area contributed by atoms with E-state index in [0.29, 0.717) is 0 Å². The van der Waals surface area contributed by atoms with Crippen molar-refractivity contribution in [2.75, 3.05) is 5.73 Å². The lowest BCUT2D eigenvalue weighted by molar-refractivity contribution is 0.971. The van der Waals surface area contributed by atoms with E-state index in [1.54, 1.807) is 12.3 Å². The topological polar surface area (TPSA) is 50.7 Å². The van der Waals surface area contributed by atoms with E-state index in [-0.39, 0.29) is 5.92 Å². The molecule has 45 heavy (non-hydrogen) atoms. The highest BCUT2D eigenvalue weighted by molar-refractivity contribution is 6.28. The molecule has 0 saturated heterocycles. The molecule has 4 aromatic carbocycles. The minimum Gasteiger partial charge on any atom is -0.398 e. The number of nitrogen functional groups attached to an aromatic ring is 1. The van der Waals surface area contributed by atoms with E-state index in [4.69, 9.17) is 15.7 Å². The van der Waals surface area contributed by atoms with Gasteiger partial charge in [0.25, 0.3) is 0 Å². The van der Waals surface area contributed by atoms with Gasteiger partial charge in [0.2, 0.25) is 0 Å². The highest BCUT2D eigenvalue weighted by Gasteiger charge is 2.18. The second-order valence-electron chi connectivity index (χ2n) is 11.2. The van der Waals surface area contributed by atoms with E-state index >= 15 is 0 Å². The average molecular weight is 592 g/mol. The van der Waals surface area contributed by atoms with Gasteiger partial charge < -0.3 is 5.73 Å². The summed E-state index contributed by atoms with van der Waals surface area (Å²) in [6.07, 6.45) is 21.1. The Morgan fingerprint density at radius 3 is 2.11 bits per heavy atom. The third kappa shape index (κ3) is 7.74. The highest BCUT2D eigenvalue weighted by atomic mass is 14.7. The minimum atomic E-state index is 0.177. The van der Waals surface area contributed by atoms with Crippen LogP contribution in [0.1, 0.15) is 74.8 Å². The Labute approximate surface area is 269 Å². The lowest BCUT2D eigenvalue weighted by atomic mass is 9.86. The first-order chi connectivity index (χ1) is 21.8. The number of fused-ring (bicyclic) bond motifs is 2. The Bertz CT molecular complexity index is 1910. The SMILES string of the molecule is C=C/C=C\N=C(C)c1c2ccccc2c(C(C)=N/C=C\C=C\CC)c2cc(C(C)/C=C\C(=C/C)c3ccc(C)c(N)c3)ccc12. The van der Waals surface area contributed by atoms with Gasteiger partial charge >= 0.3 is 0 Å². The molecule has 0 aliphatic carbocycles.